The number of rotatable bonds is 1. The summed E-state index contributed by atoms with van der Waals surface area (Å²) in [7, 11) is 0. The number of hydrogen-bond acceptors (Lipinski definition) is 2. The Kier molecular flexibility index (Phi) is 2.82. The second-order valence-corrected chi connectivity index (χ2v) is 4.89. The van der Waals surface area contributed by atoms with Crippen molar-refractivity contribution in [2.45, 2.75) is 45.2 Å². The maximum absolute atomic E-state index is 4.18. The van der Waals surface area contributed by atoms with Gasteiger partial charge in [0.1, 0.15) is 0 Å². The zero-order chi connectivity index (χ0) is 10.1. The molecule has 0 aromatic carbocycles. The van der Waals surface area contributed by atoms with Crippen LogP contribution in [0.4, 0.5) is 0 Å². The molecule has 0 unspecified atom stereocenters. The summed E-state index contributed by atoms with van der Waals surface area (Å²) in [4.78, 5) is 5.14. The van der Waals surface area contributed by atoms with Crippen molar-refractivity contribution in [1.82, 2.24) is 9.80 Å². The first kappa shape index (κ1) is 10.0. The molecule has 0 amide bonds. The van der Waals surface area contributed by atoms with Crippen LogP contribution >= 0.6 is 0 Å². The highest BCUT2D eigenvalue weighted by Crippen LogP contribution is 2.27. The summed E-state index contributed by atoms with van der Waals surface area (Å²) < 4.78 is 0. The molecule has 0 bridgehead atoms. The van der Waals surface area contributed by atoms with E-state index in [0.717, 1.165) is 6.04 Å². The van der Waals surface area contributed by atoms with Crippen LogP contribution in [0.15, 0.2) is 12.3 Å². The van der Waals surface area contributed by atoms with E-state index in [9.17, 15) is 0 Å². The molecule has 0 aliphatic carbocycles. The highest BCUT2D eigenvalue weighted by molar-refractivity contribution is 5.03. The molecule has 2 saturated heterocycles. The average molecular weight is 194 g/mol. The molecule has 2 aliphatic heterocycles. The van der Waals surface area contributed by atoms with Gasteiger partial charge in [0.15, 0.2) is 0 Å². The quantitative estimate of drug-likeness (QED) is 0.630. The molecular weight excluding hydrogens is 172 g/mol. The standard InChI is InChI=1S/C12H22N2/c1-10(2)13-7-8-14-11(3)5-4-6-12(14)9-13/h10,12H,3-9H2,1-2H3/t12-/m0/s1. The van der Waals surface area contributed by atoms with Crippen LogP contribution in [0.3, 0.4) is 0 Å². The molecule has 0 aromatic heterocycles. The largest absolute Gasteiger partial charge is 0.370 e. The van der Waals surface area contributed by atoms with Crippen molar-refractivity contribution in [3.8, 4) is 0 Å². The summed E-state index contributed by atoms with van der Waals surface area (Å²) in [5.41, 5.74) is 1.38. The Morgan fingerprint density at radius 2 is 2.14 bits per heavy atom. The van der Waals surface area contributed by atoms with E-state index in [4.69, 9.17) is 0 Å². The van der Waals surface area contributed by atoms with Gasteiger partial charge in [0.2, 0.25) is 0 Å². The number of allylic oxidation sites excluding steroid dienone is 1. The molecular formula is C12H22N2. The number of nitrogens with zero attached hydrogens (tertiary/aromatic N) is 2. The summed E-state index contributed by atoms with van der Waals surface area (Å²) >= 11 is 0. The van der Waals surface area contributed by atoms with Crippen molar-refractivity contribution >= 4 is 0 Å². The Hall–Kier alpha value is -0.500. The normalized spacial score (nSPS) is 29.5. The summed E-state index contributed by atoms with van der Waals surface area (Å²) in [5, 5.41) is 0. The van der Waals surface area contributed by atoms with Crippen molar-refractivity contribution in [2.75, 3.05) is 19.6 Å². The van der Waals surface area contributed by atoms with Crippen LogP contribution in [0.1, 0.15) is 33.1 Å². The van der Waals surface area contributed by atoms with E-state index in [1.165, 1.54) is 44.6 Å². The van der Waals surface area contributed by atoms with Gasteiger partial charge in [-0.25, -0.2) is 0 Å². The minimum absolute atomic E-state index is 0.701. The van der Waals surface area contributed by atoms with Gasteiger partial charge in [0.25, 0.3) is 0 Å². The van der Waals surface area contributed by atoms with Crippen molar-refractivity contribution < 1.29 is 0 Å². The lowest BCUT2D eigenvalue weighted by Crippen LogP contribution is -2.55. The van der Waals surface area contributed by atoms with Crippen LogP contribution < -0.4 is 0 Å². The molecule has 2 rings (SSSR count). The molecule has 14 heavy (non-hydrogen) atoms. The minimum Gasteiger partial charge on any atom is -0.370 e. The van der Waals surface area contributed by atoms with E-state index >= 15 is 0 Å². The lowest BCUT2D eigenvalue weighted by Gasteiger charge is -2.47. The Morgan fingerprint density at radius 1 is 1.36 bits per heavy atom. The highest BCUT2D eigenvalue weighted by Gasteiger charge is 2.30. The van der Waals surface area contributed by atoms with Gasteiger partial charge in [-0.3, -0.25) is 4.90 Å². The molecule has 0 aromatic rings. The van der Waals surface area contributed by atoms with Gasteiger partial charge < -0.3 is 4.90 Å². The van der Waals surface area contributed by atoms with Crippen molar-refractivity contribution in [2.24, 2.45) is 0 Å². The topological polar surface area (TPSA) is 6.48 Å². The third-order valence-corrected chi connectivity index (χ3v) is 3.65. The van der Waals surface area contributed by atoms with Gasteiger partial charge in [0.05, 0.1) is 0 Å². The summed E-state index contributed by atoms with van der Waals surface area (Å²) in [6, 6.07) is 1.46. The molecule has 0 spiro atoms. The lowest BCUT2D eigenvalue weighted by atomic mass is 9.97. The van der Waals surface area contributed by atoms with Crippen molar-refractivity contribution in [1.29, 1.82) is 0 Å². The predicted octanol–water partition coefficient (Wildman–Crippen LogP) is 2.08. The van der Waals surface area contributed by atoms with Gasteiger partial charge in [-0.15, -0.1) is 0 Å². The molecule has 2 fully saturated rings. The SMILES string of the molecule is C=C1CCC[C@H]2CN(C(C)C)CCN12. The molecule has 80 valence electrons. The maximum Gasteiger partial charge on any atom is 0.0414 e. The second kappa shape index (κ2) is 3.93. The van der Waals surface area contributed by atoms with Crippen LogP contribution in [0.5, 0.6) is 0 Å². The third-order valence-electron chi connectivity index (χ3n) is 3.65. The average Bonchev–Trinajstić information content (AvgIpc) is 2.17. The number of fused-ring (bicyclic) bond motifs is 1. The van der Waals surface area contributed by atoms with Crippen LogP contribution in [0, 0.1) is 0 Å². The smallest absolute Gasteiger partial charge is 0.0414 e. The monoisotopic (exact) mass is 194 g/mol. The first-order valence-electron chi connectivity index (χ1n) is 5.87. The van der Waals surface area contributed by atoms with E-state index in [-0.39, 0.29) is 0 Å². The van der Waals surface area contributed by atoms with E-state index < -0.39 is 0 Å². The van der Waals surface area contributed by atoms with Crippen LogP contribution in [0.2, 0.25) is 0 Å². The Bertz CT molecular complexity index is 222. The van der Waals surface area contributed by atoms with E-state index in [0.29, 0.717) is 6.04 Å². The first-order chi connectivity index (χ1) is 6.68. The van der Waals surface area contributed by atoms with Crippen LogP contribution in [-0.4, -0.2) is 41.5 Å². The van der Waals surface area contributed by atoms with Crippen LogP contribution in [0.25, 0.3) is 0 Å². The fourth-order valence-corrected chi connectivity index (χ4v) is 2.70. The van der Waals surface area contributed by atoms with E-state index in [1.54, 1.807) is 0 Å². The Labute approximate surface area is 87.6 Å². The highest BCUT2D eigenvalue weighted by atomic mass is 15.3. The fraction of sp³-hybridized carbons (Fsp3) is 0.833. The summed E-state index contributed by atoms with van der Waals surface area (Å²) in [6.45, 7) is 12.4. The van der Waals surface area contributed by atoms with Crippen molar-refractivity contribution in [3.63, 3.8) is 0 Å². The predicted molar refractivity (Wildman–Crippen MR) is 60.2 cm³/mol. The lowest BCUT2D eigenvalue weighted by molar-refractivity contribution is 0.0603. The van der Waals surface area contributed by atoms with Gasteiger partial charge in [-0.2, -0.15) is 0 Å². The molecule has 2 heterocycles. The van der Waals surface area contributed by atoms with Crippen molar-refractivity contribution in [3.05, 3.63) is 12.3 Å². The Morgan fingerprint density at radius 3 is 2.86 bits per heavy atom. The zero-order valence-corrected chi connectivity index (χ0v) is 9.50. The van der Waals surface area contributed by atoms with E-state index in [1.807, 2.05) is 0 Å². The molecule has 2 aliphatic rings. The number of hydrogen-bond donors (Lipinski definition) is 0. The van der Waals surface area contributed by atoms with Gasteiger partial charge in [-0.1, -0.05) is 6.58 Å². The first-order valence-corrected chi connectivity index (χ1v) is 5.87. The summed E-state index contributed by atoms with van der Waals surface area (Å²) in [6.07, 6.45) is 3.92. The van der Waals surface area contributed by atoms with E-state index in [2.05, 4.69) is 30.2 Å². The molecule has 2 heteroatoms. The third kappa shape index (κ3) is 1.81. The molecule has 0 N–H and O–H groups in total. The second-order valence-electron chi connectivity index (χ2n) is 4.89. The Balaban J connectivity index is 1.99. The van der Waals surface area contributed by atoms with Gasteiger partial charge >= 0.3 is 0 Å². The molecule has 0 radical (unpaired) electrons. The van der Waals surface area contributed by atoms with Crippen LogP contribution in [-0.2, 0) is 0 Å². The summed E-state index contributed by atoms with van der Waals surface area (Å²) in [5.74, 6) is 0. The molecule has 1 atom stereocenters. The molecule has 2 nitrogen and oxygen atoms in total. The number of piperidine rings is 1. The van der Waals surface area contributed by atoms with Gasteiger partial charge in [-0.05, 0) is 33.1 Å². The number of piperazine rings is 1. The zero-order valence-electron chi connectivity index (χ0n) is 9.50. The fourth-order valence-electron chi connectivity index (χ4n) is 2.70. The maximum atomic E-state index is 4.18. The van der Waals surface area contributed by atoms with Gasteiger partial charge in [0, 0.05) is 37.4 Å². The molecule has 0 saturated carbocycles. The minimum atomic E-state index is 0.701.